The Morgan fingerprint density at radius 2 is 2.06 bits per heavy atom. The van der Waals surface area contributed by atoms with E-state index in [2.05, 4.69) is 28.2 Å². The van der Waals surface area contributed by atoms with E-state index >= 15 is 0 Å². The van der Waals surface area contributed by atoms with E-state index in [1.54, 1.807) is 6.20 Å². The molecule has 0 fully saturated rings. The Labute approximate surface area is 105 Å². The van der Waals surface area contributed by atoms with Crippen LogP contribution in [0.1, 0.15) is 5.56 Å². The zero-order valence-corrected chi connectivity index (χ0v) is 9.72. The van der Waals surface area contributed by atoms with E-state index in [0.717, 1.165) is 27.7 Å². The molecule has 0 atom stereocenters. The molecule has 0 saturated heterocycles. The van der Waals surface area contributed by atoms with Gasteiger partial charge in [0.05, 0.1) is 12.5 Å². The molecule has 86 valence electrons. The molecule has 2 heterocycles. The fourth-order valence-electron chi connectivity index (χ4n) is 2.09. The van der Waals surface area contributed by atoms with E-state index in [-0.39, 0.29) is 0 Å². The fraction of sp³-hybridized carbons (Fsp3) is 0.0667. The van der Waals surface area contributed by atoms with Gasteiger partial charge in [0.25, 0.3) is 0 Å². The molecule has 2 aromatic heterocycles. The molecule has 1 N–H and O–H groups in total. The average Bonchev–Trinajstić information content (AvgIpc) is 2.83. The van der Waals surface area contributed by atoms with Gasteiger partial charge < -0.3 is 4.98 Å². The number of rotatable bonds is 2. The number of nitriles is 1. The monoisotopic (exact) mass is 233 g/mol. The summed E-state index contributed by atoms with van der Waals surface area (Å²) in [6.45, 7) is 0. The van der Waals surface area contributed by atoms with Gasteiger partial charge in [-0.25, -0.2) is 4.98 Å². The number of nitrogens with zero attached hydrogens (tertiary/aromatic N) is 2. The summed E-state index contributed by atoms with van der Waals surface area (Å²) in [5, 5.41) is 9.81. The number of H-pyrrole nitrogens is 1. The standard InChI is InChI=1S/C15H11N3/c16-7-6-11-8-13-14(10-18-15(13)17-9-11)12-4-2-1-3-5-12/h1-5,8-10H,6H2,(H,17,18). The van der Waals surface area contributed by atoms with Gasteiger partial charge in [-0.3, -0.25) is 0 Å². The molecule has 3 nitrogen and oxygen atoms in total. The van der Waals surface area contributed by atoms with Crippen molar-refractivity contribution in [2.75, 3.05) is 0 Å². The molecule has 3 aromatic rings. The normalized spacial score (nSPS) is 10.4. The summed E-state index contributed by atoms with van der Waals surface area (Å²) in [6.07, 6.45) is 4.10. The summed E-state index contributed by atoms with van der Waals surface area (Å²) in [5.74, 6) is 0. The molecule has 1 aromatic carbocycles. The van der Waals surface area contributed by atoms with Crippen LogP contribution in [-0.2, 0) is 6.42 Å². The Morgan fingerprint density at radius 3 is 2.83 bits per heavy atom. The van der Waals surface area contributed by atoms with Crippen molar-refractivity contribution < 1.29 is 0 Å². The quantitative estimate of drug-likeness (QED) is 0.738. The summed E-state index contributed by atoms with van der Waals surface area (Å²) in [6, 6.07) is 14.3. The minimum absolute atomic E-state index is 0.391. The van der Waals surface area contributed by atoms with Crippen LogP contribution in [-0.4, -0.2) is 9.97 Å². The van der Waals surface area contributed by atoms with Crippen molar-refractivity contribution in [3.63, 3.8) is 0 Å². The van der Waals surface area contributed by atoms with Crippen LogP contribution in [0.2, 0.25) is 0 Å². The molecule has 0 aliphatic rings. The predicted molar refractivity (Wildman–Crippen MR) is 70.8 cm³/mol. The Hall–Kier alpha value is -2.60. The molecule has 0 spiro atoms. The third-order valence-electron chi connectivity index (χ3n) is 2.96. The lowest BCUT2D eigenvalue weighted by Crippen LogP contribution is -1.85. The Morgan fingerprint density at radius 1 is 1.22 bits per heavy atom. The molecular weight excluding hydrogens is 222 g/mol. The van der Waals surface area contributed by atoms with E-state index in [1.165, 1.54) is 0 Å². The van der Waals surface area contributed by atoms with Gasteiger partial charge in [-0.2, -0.15) is 5.26 Å². The molecular formula is C15H11N3. The van der Waals surface area contributed by atoms with E-state index < -0.39 is 0 Å². The predicted octanol–water partition coefficient (Wildman–Crippen LogP) is 3.30. The van der Waals surface area contributed by atoms with Gasteiger partial charge in [-0.1, -0.05) is 30.3 Å². The number of hydrogen-bond acceptors (Lipinski definition) is 2. The van der Waals surface area contributed by atoms with Gasteiger partial charge in [0.1, 0.15) is 5.65 Å². The second-order valence-electron chi connectivity index (χ2n) is 4.14. The Kier molecular flexibility index (Phi) is 2.54. The van der Waals surface area contributed by atoms with Crippen molar-refractivity contribution >= 4 is 11.0 Å². The van der Waals surface area contributed by atoms with Crippen LogP contribution < -0.4 is 0 Å². The molecule has 0 saturated carbocycles. The van der Waals surface area contributed by atoms with Gasteiger partial charge in [-0.05, 0) is 17.2 Å². The van der Waals surface area contributed by atoms with Crippen LogP contribution in [0.4, 0.5) is 0 Å². The number of fused-ring (bicyclic) bond motifs is 1. The van der Waals surface area contributed by atoms with Crippen LogP contribution in [0.5, 0.6) is 0 Å². The number of aromatic amines is 1. The molecule has 0 radical (unpaired) electrons. The van der Waals surface area contributed by atoms with Crippen LogP contribution in [0.3, 0.4) is 0 Å². The van der Waals surface area contributed by atoms with Crippen LogP contribution in [0.25, 0.3) is 22.2 Å². The Bertz CT molecular complexity index is 720. The zero-order chi connectivity index (χ0) is 12.4. The molecule has 0 unspecified atom stereocenters. The highest BCUT2D eigenvalue weighted by atomic mass is 14.8. The van der Waals surface area contributed by atoms with Crippen molar-refractivity contribution in [2.45, 2.75) is 6.42 Å². The summed E-state index contributed by atoms with van der Waals surface area (Å²) in [4.78, 5) is 7.50. The van der Waals surface area contributed by atoms with E-state index in [1.807, 2.05) is 30.5 Å². The number of benzene rings is 1. The summed E-state index contributed by atoms with van der Waals surface area (Å²) in [5.41, 5.74) is 4.08. The van der Waals surface area contributed by atoms with Crippen molar-refractivity contribution in [1.29, 1.82) is 5.26 Å². The first-order valence-corrected chi connectivity index (χ1v) is 5.77. The average molecular weight is 233 g/mol. The minimum atomic E-state index is 0.391. The maximum absolute atomic E-state index is 8.74. The van der Waals surface area contributed by atoms with Crippen molar-refractivity contribution in [1.82, 2.24) is 9.97 Å². The van der Waals surface area contributed by atoms with Gasteiger partial charge in [0.15, 0.2) is 0 Å². The fourth-order valence-corrected chi connectivity index (χ4v) is 2.09. The van der Waals surface area contributed by atoms with Gasteiger partial charge >= 0.3 is 0 Å². The molecule has 3 heteroatoms. The molecule has 18 heavy (non-hydrogen) atoms. The topological polar surface area (TPSA) is 52.5 Å². The molecule has 0 aliphatic carbocycles. The van der Waals surface area contributed by atoms with Crippen LogP contribution in [0.15, 0.2) is 48.8 Å². The second-order valence-corrected chi connectivity index (χ2v) is 4.14. The molecule has 3 rings (SSSR count). The van der Waals surface area contributed by atoms with Crippen molar-refractivity contribution in [3.8, 4) is 17.2 Å². The minimum Gasteiger partial charge on any atom is -0.346 e. The summed E-state index contributed by atoms with van der Waals surface area (Å²) in [7, 11) is 0. The van der Waals surface area contributed by atoms with Gasteiger partial charge in [0, 0.05) is 23.3 Å². The lowest BCUT2D eigenvalue weighted by atomic mass is 10.0. The SMILES string of the molecule is N#CCc1cnc2[nH]cc(-c3ccccc3)c2c1. The lowest BCUT2D eigenvalue weighted by molar-refractivity contribution is 1.21. The first-order chi connectivity index (χ1) is 8.88. The van der Waals surface area contributed by atoms with Crippen molar-refractivity contribution in [2.24, 2.45) is 0 Å². The summed E-state index contributed by atoms with van der Waals surface area (Å²) < 4.78 is 0. The third-order valence-corrected chi connectivity index (χ3v) is 2.96. The van der Waals surface area contributed by atoms with E-state index in [0.29, 0.717) is 6.42 Å². The highest BCUT2D eigenvalue weighted by molar-refractivity contribution is 5.93. The Balaban J connectivity index is 2.19. The molecule has 0 amide bonds. The number of pyridine rings is 1. The smallest absolute Gasteiger partial charge is 0.137 e. The molecule has 0 aliphatic heterocycles. The first kappa shape index (κ1) is 10.5. The molecule has 0 bridgehead atoms. The number of nitrogens with one attached hydrogen (secondary N) is 1. The first-order valence-electron chi connectivity index (χ1n) is 5.77. The lowest BCUT2D eigenvalue weighted by Gasteiger charge is -2.00. The highest BCUT2D eigenvalue weighted by Gasteiger charge is 2.07. The number of hydrogen-bond donors (Lipinski definition) is 1. The zero-order valence-electron chi connectivity index (χ0n) is 9.72. The number of aromatic nitrogens is 2. The largest absolute Gasteiger partial charge is 0.346 e. The van der Waals surface area contributed by atoms with E-state index in [4.69, 9.17) is 5.26 Å². The maximum atomic E-state index is 8.74. The van der Waals surface area contributed by atoms with Crippen LogP contribution >= 0.6 is 0 Å². The maximum Gasteiger partial charge on any atom is 0.137 e. The third kappa shape index (κ3) is 1.74. The van der Waals surface area contributed by atoms with Crippen LogP contribution in [0, 0.1) is 11.3 Å². The van der Waals surface area contributed by atoms with Gasteiger partial charge in [-0.15, -0.1) is 0 Å². The second kappa shape index (κ2) is 4.34. The summed E-state index contributed by atoms with van der Waals surface area (Å²) >= 11 is 0. The van der Waals surface area contributed by atoms with Crippen molar-refractivity contribution in [3.05, 3.63) is 54.4 Å². The highest BCUT2D eigenvalue weighted by Crippen LogP contribution is 2.27. The van der Waals surface area contributed by atoms with Gasteiger partial charge in [0.2, 0.25) is 0 Å². The van der Waals surface area contributed by atoms with E-state index in [9.17, 15) is 0 Å².